The van der Waals surface area contributed by atoms with Crippen molar-refractivity contribution in [2.24, 2.45) is 0 Å². The summed E-state index contributed by atoms with van der Waals surface area (Å²) in [6, 6.07) is 9.57. The second-order valence-electron chi connectivity index (χ2n) is 4.21. The molecule has 1 aliphatic rings. The van der Waals surface area contributed by atoms with E-state index < -0.39 is 5.97 Å². The molecule has 0 spiro atoms. The lowest BCUT2D eigenvalue weighted by Crippen LogP contribution is -2.03. The molecule has 0 saturated carbocycles. The zero-order chi connectivity index (χ0) is 12.9. The molecular weight excluding hydrogens is 271 g/mol. The second-order valence-corrected chi connectivity index (χ2v) is 5.00. The van der Waals surface area contributed by atoms with Crippen molar-refractivity contribution in [2.45, 2.75) is 6.42 Å². The number of carboxylic acid groups (broad SMARTS) is 1. The van der Waals surface area contributed by atoms with E-state index in [1.54, 1.807) is 6.07 Å². The Morgan fingerprint density at radius 1 is 1.17 bits per heavy atom. The van der Waals surface area contributed by atoms with Crippen LogP contribution in [0, 0.1) is 0 Å². The van der Waals surface area contributed by atoms with Crippen LogP contribution in [0.4, 0.5) is 0 Å². The molecule has 90 valence electrons. The van der Waals surface area contributed by atoms with E-state index in [1.165, 1.54) is 0 Å². The van der Waals surface area contributed by atoms with Crippen LogP contribution in [0.2, 0.25) is 10.0 Å². The molecule has 0 unspecified atom stereocenters. The standard InChI is InChI=1S/C14H8Cl2O2/c15-11-6-9-8-4-2-1-3-7(8)5-10(9)12(13(11)16)14(17)18/h1-4,6H,5H2,(H,17,18). The Hall–Kier alpha value is -1.51. The van der Waals surface area contributed by atoms with Crippen LogP contribution >= 0.6 is 23.2 Å². The van der Waals surface area contributed by atoms with Crippen LogP contribution in [0.5, 0.6) is 0 Å². The summed E-state index contributed by atoms with van der Waals surface area (Å²) in [7, 11) is 0. The fourth-order valence-electron chi connectivity index (χ4n) is 2.44. The zero-order valence-electron chi connectivity index (χ0n) is 9.21. The molecule has 2 aromatic rings. The summed E-state index contributed by atoms with van der Waals surface area (Å²) in [4.78, 5) is 11.3. The maximum Gasteiger partial charge on any atom is 0.337 e. The summed E-state index contributed by atoms with van der Waals surface area (Å²) in [5.41, 5.74) is 3.88. The number of halogens is 2. The Labute approximate surface area is 114 Å². The van der Waals surface area contributed by atoms with Crippen molar-refractivity contribution in [1.29, 1.82) is 0 Å². The molecule has 4 heteroatoms. The molecular formula is C14H8Cl2O2. The minimum Gasteiger partial charge on any atom is -0.478 e. The Kier molecular flexibility index (Phi) is 2.58. The first kappa shape index (κ1) is 11.6. The van der Waals surface area contributed by atoms with Gasteiger partial charge in [0.2, 0.25) is 0 Å². The highest BCUT2D eigenvalue weighted by Crippen LogP contribution is 2.43. The third-order valence-corrected chi connectivity index (χ3v) is 4.00. The van der Waals surface area contributed by atoms with Gasteiger partial charge in [0.15, 0.2) is 0 Å². The number of hydrogen-bond donors (Lipinski definition) is 1. The fraction of sp³-hybridized carbons (Fsp3) is 0.0714. The topological polar surface area (TPSA) is 37.3 Å². The number of carbonyl (C=O) groups is 1. The Balaban J connectivity index is 2.36. The molecule has 2 aromatic carbocycles. The van der Waals surface area contributed by atoms with Gasteiger partial charge in [-0.15, -0.1) is 0 Å². The molecule has 1 N–H and O–H groups in total. The van der Waals surface area contributed by atoms with Crippen LogP contribution in [0.15, 0.2) is 30.3 Å². The van der Waals surface area contributed by atoms with Gasteiger partial charge in [-0.25, -0.2) is 4.79 Å². The van der Waals surface area contributed by atoms with Crippen LogP contribution in [0.25, 0.3) is 11.1 Å². The number of aromatic carboxylic acids is 1. The number of benzene rings is 2. The highest BCUT2D eigenvalue weighted by Gasteiger charge is 2.27. The molecule has 0 heterocycles. The maximum absolute atomic E-state index is 11.3. The molecule has 1 aliphatic carbocycles. The van der Waals surface area contributed by atoms with E-state index in [1.807, 2.05) is 24.3 Å². The van der Waals surface area contributed by atoms with E-state index in [2.05, 4.69) is 0 Å². The zero-order valence-corrected chi connectivity index (χ0v) is 10.7. The summed E-state index contributed by atoms with van der Waals surface area (Å²) in [5, 5.41) is 9.69. The molecule has 0 atom stereocenters. The lowest BCUT2D eigenvalue weighted by molar-refractivity contribution is 0.0696. The minimum atomic E-state index is -1.04. The van der Waals surface area contributed by atoms with E-state index in [9.17, 15) is 9.90 Å². The lowest BCUT2D eigenvalue weighted by Gasteiger charge is -2.08. The first-order valence-electron chi connectivity index (χ1n) is 5.42. The third-order valence-electron chi connectivity index (χ3n) is 3.22. The fourth-order valence-corrected chi connectivity index (χ4v) is 2.89. The van der Waals surface area contributed by atoms with E-state index >= 15 is 0 Å². The summed E-state index contributed by atoms with van der Waals surface area (Å²) in [5.74, 6) is -1.04. The predicted octanol–water partition coefficient (Wildman–Crippen LogP) is 4.26. The lowest BCUT2D eigenvalue weighted by atomic mass is 10.0. The van der Waals surface area contributed by atoms with Gasteiger partial charge in [-0.05, 0) is 34.7 Å². The Morgan fingerprint density at radius 2 is 1.89 bits per heavy atom. The van der Waals surface area contributed by atoms with Crippen LogP contribution < -0.4 is 0 Å². The first-order chi connectivity index (χ1) is 8.59. The highest BCUT2D eigenvalue weighted by atomic mass is 35.5. The summed E-state index contributed by atoms with van der Waals surface area (Å²) in [6.07, 6.45) is 0.587. The maximum atomic E-state index is 11.3. The van der Waals surface area contributed by atoms with Gasteiger partial charge in [-0.2, -0.15) is 0 Å². The molecule has 18 heavy (non-hydrogen) atoms. The van der Waals surface area contributed by atoms with Crippen molar-refractivity contribution in [3.63, 3.8) is 0 Å². The average Bonchev–Trinajstić information content (AvgIpc) is 2.68. The Bertz CT molecular complexity index is 678. The molecule has 3 rings (SSSR count). The number of hydrogen-bond acceptors (Lipinski definition) is 1. The van der Waals surface area contributed by atoms with E-state index in [0.29, 0.717) is 6.42 Å². The number of carboxylic acids is 1. The van der Waals surface area contributed by atoms with Gasteiger partial charge in [0, 0.05) is 0 Å². The van der Waals surface area contributed by atoms with Gasteiger partial charge in [-0.3, -0.25) is 0 Å². The van der Waals surface area contributed by atoms with Crippen LogP contribution in [0.3, 0.4) is 0 Å². The molecule has 0 aliphatic heterocycles. The van der Waals surface area contributed by atoms with E-state index in [-0.39, 0.29) is 15.6 Å². The number of fused-ring (bicyclic) bond motifs is 3. The summed E-state index contributed by atoms with van der Waals surface area (Å²) in [6.45, 7) is 0. The van der Waals surface area contributed by atoms with E-state index in [4.69, 9.17) is 23.2 Å². The van der Waals surface area contributed by atoms with Gasteiger partial charge < -0.3 is 5.11 Å². The van der Waals surface area contributed by atoms with Crippen LogP contribution in [0.1, 0.15) is 21.5 Å². The van der Waals surface area contributed by atoms with Gasteiger partial charge in [-0.1, -0.05) is 47.5 Å². The molecule has 0 saturated heterocycles. The third kappa shape index (κ3) is 1.53. The smallest absolute Gasteiger partial charge is 0.337 e. The predicted molar refractivity (Wildman–Crippen MR) is 71.7 cm³/mol. The van der Waals surface area contributed by atoms with Crippen molar-refractivity contribution in [3.05, 3.63) is 57.1 Å². The first-order valence-corrected chi connectivity index (χ1v) is 6.17. The quantitative estimate of drug-likeness (QED) is 0.722. The SMILES string of the molecule is O=C(O)c1c(Cl)c(Cl)cc2c1Cc1ccccc1-2. The molecule has 0 radical (unpaired) electrons. The van der Waals surface area contributed by atoms with Crippen molar-refractivity contribution in [2.75, 3.05) is 0 Å². The van der Waals surface area contributed by atoms with Gasteiger partial charge in [0.25, 0.3) is 0 Å². The molecule has 0 amide bonds. The second kappa shape index (κ2) is 4.01. The highest BCUT2D eigenvalue weighted by molar-refractivity contribution is 6.44. The van der Waals surface area contributed by atoms with Crippen molar-refractivity contribution in [1.82, 2.24) is 0 Å². The molecule has 0 bridgehead atoms. The number of rotatable bonds is 1. The van der Waals surface area contributed by atoms with Crippen LogP contribution in [-0.2, 0) is 6.42 Å². The van der Waals surface area contributed by atoms with Crippen molar-refractivity contribution in [3.8, 4) is 11.1 Å². The largest absolute Gasteiger partial charge is 0.478 e. The monoisotopic (exact) mass is 278 g/mol. The molecule has 2 nitrogen and oxygen atoms in total. The van der Waals surface area contributed by atoms with Crippen molar-refractivity contribution < 1.29 is 9.90 Å². The summed E-state index contributed by atoms with van der Waals surface area (Å²) < 4.78 is 0. The average molecular weight is 279 g/mol. The Morgan fingerprint density at radius 3 is 2.61 bits per heavy atom. The van der Waals surface area contributed by atoms with Gasteiger partial charge in [0.1, 0.15) is 0 Å². The van der Waals surface area contributed by atoms with Crippen molar-refractivity contribution >= 4 is 29.2 Å². The summed E-state index contributed by atoms with van der Waals surface area (Å²) >= 11 is 12.0. The normalized spacial score (nSPS) is 12.1. The molecule has 0 fully saturated rings. The van der Waals surface area contributed by atoms with Gasteiger partial charge in [0.05, 0.1) is 15.6 Å². The minimum absolute atomic E-state index is 0.121. The van der Waals surface area contributed by atoms with E-state index in [0.717, 1.165) is 22.3 Å². The van der Waals surface area contributed by atoms with Gasteiger partial charge >= 0.3 is 5.97 Å². The van der Waals surface area contributed by atoms with Crippen LogP contribution in [-0.4, -0.2) is 11.1 Å². The molecule has 0 aromatic heterocycles.